The fourth-order valence-electron chi connectivity index (χ4n) is 2.92. The SMILES string of the molecule is CCNC(=NCC1CCN(Cc2csc(C)n2)CC1)NCCC(F)(F)F.I. The van der Waals surface area contributed by atoms with Gasteiger partial charge in [-0.2, -0.15) is 13.2 Å². The molecule has 0 saturated carbocycles. The zero-order chi connectivity index (χ0) is 19.0. The molecule has 2 N–H and O–H groups in total. The number of alkyl halides is 3. The Hall–Kier alpha value is -0.620. The number of guanidine groups is 1. The van der Waals surface area contributed by atoms with Crippen molar-refractivity contribution in [2.75, 3.05) is 32.7 Å². The van der Waals surface area contributed by atoms with E-state index < -0.39 is 12.6 Å². The Morgan fingerprint density at radius 1 is 1.33 bits per heavy atom. The minimum Gasteiger partial charge on any atom is -0.357 e. The lowest BCUT2D eigenvalue weighted by Crippen LogP contribution is -2.40. The summed E-state index contributed by atoms with van der Waals surface area (Å²) in [6.07, 6.45) is -2.90. The largest absolute Gasteiger partial charge is 0.390 e. The number of aliphatic imine (C=N–C) groups is 1. The van der Waals surface area contributed by atoms with E-state index in [0.717, 1.165) is 43.2 Å². The van der Waals surface area contributed by atoms with Gasteiger partial charge in [-0.1, -0.05) is 0 Å². The van der Waals surface area contributed by atoms with Gasteiger partial charge in [0.15, 0.2) is 5.96 Å². The van der Waals surface area contributed by atoms with E-state index in [2.05, 4.69) is 30.9 Å². The predicted molar refractivity (Wildman–Crippen MR) is 115 cm³/mol. The van der Waals surface area contributed by atoms with Crippen LogP contribution in [0.15, 0.2) is 10.4 Å². The van der Waals surface area contributed by atoms with Gasteiger partial charge in [0.25, 0.3) is 0 Å². The molecule has 1 aromatic heterocycles. The van der Waals surface area contributed by atoms with Gasteiger partial charge in [-0.25, -0.2) is 4.98 Å². The molecule has 0 spiro atoms. The van der Waals surface area contributed by atoms with Crippen molar-refractivity contribution in [3.63, 3.8) is 0 Å². The zero-order valence-corrected chi connectivity index (χ0v) is 19.0. The van der Waals surface area contributed by atoms with E-state index in [9.17, 15) is 13.2 Å². The van der Waals surface area contributed by atoms with E-state index in [1.54, 1.807) is 11.3 Å². The molecule has 0 bridgehead atoms. The van der Waals surface area contributed by atoms with E-state index in [1.807, 2.05) is 13.8 Å². The number of hydrogen-bond acceptors (Lipinski definition) is 4. The van der Waals surface area contributed by atoms with Gasteiger partial charge in [0, 0.05) is 31.6 Å². The van der Waals surface area contributed by atoms with Gasteiger partial charge in [0.05, 0.1) is 17.1 Å². The van der Waals surface area contributed by atoms with Gasteiger partial charge in [0.2, 0.25) is 0 Å². The lowest BCUT2D eigenvalue weighted by Gasteiger charge is -2.30. The lowest BCUT2D eigenvalue weighted by atomic mass is 9.97. The van der Waals surface area contributed by atoms with Gasteiger partial charge in [-0.05, 0) is 45.7 Å². The van der Waals surface area contributed by atoms with Crippen molar-refractivity contribution in [1.82, 2.24) is 20.5 Å². The summed E-state index contributed by atoms with van der Waals surface area (Å²) in [5.74, 6) is 0.943. The molecule has 0 atom stereocenters. The van der Waals surface area contributed by atoms with Crippen LogP contribution >= 0.6 is 35.3 Å². The minimum absolute atomic E-state index is 0. The Kier molecular flexibility index (Phi) is 10.9. The quantitative estimate of drug-likeness (QED) is 0.327. The Balaban J connectivity index is 0.00000364. The van der Waals surface area contributed by atoms with Crippen molar-refractivity contribution in [2.45, 2.75) is 45.8 Å². The van der Waals surface area contributed by atoms with Crippen LogP contribution in [0.1, 0.15) is 36.9 Å². The second kappa shape index (κ2) is 12.1. The van der Waals surface area contributed by atoms with Crippen LogP contribution in [-0.2, 0) is 6.54 Å². The molecule has 2 heterocycles. The molecule has 27 heavy (non-hydrogen) atoms. The van der Waals surface area contributed by atoms with E-state index in [1.165, 1.54) is 0 Å². The zero-order valence-electron chi connectivity index (χ0n) is 15.8. The number of nitrogens with one attached hydrogen (secondary N) is 2. The van der Waals surface area contributed by atoms with Crippen molar-refractivity contribution in [3.05, 3.63) is 16.1 Å². The second-order valence-corrected chi connectivity index (χ2v) is 7.65. The summed E-state index contributed by atoms with van der Waals surface area (Å²) < 4.78 is 36.8. The Labute approximate surface area is 180 Å². The first kappa shape index (κ1) is 24.4. The van der Waals surface area contributed by atoms with E-state index in [0.29, 0.717) is 25.0 Å². The highest BCUT2D eigenvalue weighted by Gasteiger charge is 2.26. The molecular formula is C17H29F3IN5S. The maximum Gasteiger partial charge on any atom is 0.390 e. The molecule has 0 amide bonds. The number of aryl methyl sites for hydroxylation is 1. The molecule has 0 radical (unpaired) electrons. The molecule has 1 saturated heterocycles. The standard InChI is InChI=1S/C17H28F3N5S.HI/c1-3-21-16(22-7-6-17(18,19)20)23-10-14-4-8-25(9-5-14)11-15-12-26-13(2)24-15;/h12,14H,3-11H2,1-2H3,(H2,21,22,23);1H. The summed E-state index contributed by atoms with van der Waals surface area (Å²) >= 11 is 1.68. The molecular weight excluding hydrogens is 490 g/mol. The second-order valence-electron chi connectivity index (χ2n) is 6.59. The average Bonchev–Trinajstić information content (AvgIpc) is 2.98. The van der Waals surface area contributed by atoms with Gasteiger partial charge in [-0.15, -0.1) is 35.3 Å². The fourth-order valence-corrected chi connectivity index (χ4v) is 3.53. The number of rotatable bonds is 7. The highest BCUT2D eigenvalue weighted by molar-refractivity contribution is 14.0. The number of piperidine rings is 1. The van der Waals surface area contributed by atoms with E-state index in [4.69, 9.17) is 0 Å². The molecule has 1 aliphatic heterocycles. The molecule has 0 aliphatic carbocycles. The van der Waals surface area contributed by atoms with Gasteiger partial charge >= 0.3 is 6.18 Å². The van der Waals surface area contributed by atoms with Crippen molar-refractivity contribution < 1.29 is 13.2 Å². The number of aromatic nitrogens is 1. The van der Waals surface area contributed by atoms with Crippen LogP contribution in [-0.4, -0.2) is 54.7 Å². The van der Waals surface area contributed by atoms with Crippen LogP contribution < -0.4 is 10.6 Å². The third-order valence-electron chi connectivity index (χ3n) is 4.31. The molecule has 10 heteroatoms. The Morgan fingerprint density at radius 2 is 2.04 bits per heavy atom. The van der Waals surface area contributed by atoms with Gasteiger partial charge in [-0.3, -0.25) is 9.89 Å². The first-order valence-electron chi connectivity index (χ1n) is 9.08. The topological polar surface area (TPSA) is 52.6 Å². The number of thiazole rings is 1. The maximum absolute atomic E-state index is 12.3. The van der Waals surface area contributed by atoms with Crippen molar-refractivity contribution in [2.24, 2.45) is 10.9 Å². The number of nitrogens with zero attached hydrogens (tertiary/aromatic N) is 3. The fraction of sp³-hybridized carbons (Fsp3) is 0.765. The summed E-state index contributed by atoms with van der Waals surface area (Å²) in [7, 11) is 0. The Morgan fingerprint density at radius 3 is 2.59 bits per heavy atom. The lowest BCUT2D eigenvalue weighted by molar-refractivity contribution is -0.132. The molecule has 0 unspecified atom stereocenters. The summed E-state index contributed by atoms with van der Waals surface area (Å²) in [5.41, 5.74) is 1.13. The smallest absolute Gasteiger partial charge is 0.357 e. The third-order valence-corrected chi connectivity index (χ3v) is 5.13. The van der Waals surface area contributed by atoms with Crippen molar-refractivity contribution >= 4 is 41.3 Å². The van der Waals surface area contributed by atoms with Gasteiger partial charge < -0.3 is 10.6 Å². The first-order valence-corrected chi connectivity index (χ1v) is 9.96. The summed E-state index contributed by atoms with van der Waals surface area (Å²) in [6.45, 7) is 7.95. The summed E-state index contributed by atoms with van der Waals surface area (Å²) in [5, 5.41) is 8.98. The number of halogens is 4. The number of likely N-dealkylation sites (tertiary alicyclic amines) is 1. The van der Waals surface area contributed by atoms with E-state index >= 15 is 0 Å². The van der Waals surface area contributed by atoms with E-state index in [-0.39, 0.29) is 30.5 Å². The highest BCUT2D eigenvalue weighted by atomic mass is 127. The summed E-state index contributed by atoms with van der Waals surface area (Å²) in [4.78, 5) is 11.4. The van der Waals surface area contributed by atoms with Crippen LogP contribution in [0.25, 0.3) is 0 Å². The van der Waals surface area contributed by atoms with Crippen molar-refractivity contribution in [3.8, 4) is 0 Å². The molecule has 1 aliphatic rings. The van der Waals surface area contributed by atoms with Crippen LogP contribution in [0.4, 0.5) is 13.2 Å². The van der Waals surface area contributed by atoms with Crippen LogP contribution in [0.5, 0.6) is 0 Å². The molecule has 0 aromatic carbocycles. The third kappa shape index (κ3) is 9.93. The predicted octanol–water partition coefficient (Wildman–Crippen LogP) is 3.79. The van der Waals surface area contributed by atoms with Crippen LogP contribution in [0.3, 0.4) is 0 Å². The minimum atomic E-state index is -4.15. The Bertz CT molecular complexity index is 571. The molecule has 1 aromatic rings. The monoisotopic (exact) mass is 519 g/mol. The molecule has 156 valence electrons. The van der Waals surface area contributed by atoms with Crippen LogP contribution in [0, 0.1) is 12.8 Å². The average molecular weight is 519 g/mol. The van der Waals surface area contributed by atoms with Gasteiger partial charge in [0.1, 0.15) is 0 Å². The summed E-state index contributed by atoms with van der Waals surface area (Å²) in [6, 6.07) is 0. The molecule has 5 nitrogen and oxygen atoms in total. The normalized spacial score (nSPS) is 16.9. The van der Waals surface area contributed by atoms with Crippen LogP contribution in [0.2, 0.25) is 0 Å². The molecule has 1 fully saturated rings. The molecule has 2 rings (SSSR count). The highest BCUT2D eigenvalue weighted by Crippen LogP contribution is 2.20. The number of hydrogen-bond donors (Lipinski definition) is 2. The maximum atomic E-state index is 12.3. The van der Waals surface area contributed by atoms with Crippen molar-refractivity contribution in [1.29, 1.82) is 0 Å². The first-order chi connectivity index (χ1) is 12.4.